The van der Waals surface area contributed by atoms with Gasteiger partial charge in [0.2, 0.25) is 0 Å². The Kier molecular flexibility index (Phi) is 3.98. The van der Waals surface area contributed by atoms with Crippen LogP contribution in [0.5, 0.6) is 0 Å². The SMILES string of the molecule is c1ccc2c(NCCCN3CCCCC3)n[nH]c2c1. The van der Waals surface area contributed by atoms with Crippen molar-refractivity contribution in [3.8, 4) is 0 Å². The number of anilines is 1. The van der Waals surface area contributed by atoms with Crippen LogP contribution in [0.2, 0.25) is 0 Å². The van der Waals surface area contributed by atoms with Crippen molar-refractivity contribution in [1.82, 2.24) is 15.1 Å². The number of hydrogen-bond donors (Lipinski definition) is 2. The highest BCUT2D eigenvalue weighted by Crippen LogP contribution is 2.19. The molecule has 4 heteroatoms. The van der Waals surface area contributed by atoms with Crippen molar-refractivity contribution in [2.75, 3.05) is 31.5 Å². The van der Waals surface area contributed by atoms with Crippen molar-refractivity contribution < 1.29 is 0 Å². The third-order valence-corrected chi connectivity index (χ3v) is 3.86. The largest absolute Gasteiger partial charge is 0.368 e. The minimum absolute atomic E-state index is 0.981. The summed E-state index contributed by atoms with van der Waals surface area (Å²) in [5, 5.41) is 12.0. The topological polar surface area (TPSA) is 44.0 Å². The fourth-order valence-corrected chi connectivity index (χ4v) is 2.79. The summed E-state index contributed by atoms with van der Waals surface area (Å²) in [6.07, 6.45) is 5.34. The number of likely N-dealkylation sites (tertiary alicyclic amines) is 1. The second-order valence-corrected chi connectivity index (χ2v) is 5.30. The van der Waals surface area contributed by atoms with Crippen LogP contribution in [0.1, 0.15) is 25.7 Å². The standard InChI is InChI=1S/C15H22N4/c1-4-10-19(11-5-1)12-6-9-16-15-13-7-2-3-8-14(13)17-18-15/h2-3,7-8H,1,4-6,9-12H2,(H2,16,17,18). The minimum Gasteiger partial charge on any atom is -0.368 e. The quantitative estimate of drug-likeness (QED) is 0.811. The van der Waals surface area contributed by atoms with Gasteiger partial charge in [0.05, 0.1) is 5.52 Å². The third-order valence-electron chi connectivity index (χ3n) is 3.86. The molecule has 19 heavy (non-hydrogen) atoms. The number of H-pyrrole nitrogens is 1. The second kappa shape index (κ2) is 6.06. The Hall–Kier alpha value is -1.55. The summed E-state index contributed by atoms with van der Waals surface area (Å²) in [5.41, 5.74) is 1.10. The van der Waals surface area contributed by atoms with Crippen LogP contribution in [-0.4, -0.2) is 41.3 Å². The van der Waals surface area contributed by atoms with E-state index in [1.807, 2.05) is 6.07 Å². The molecule has 1 aliphatic rings. The normalized spacial score (nSPS) is 16.8. The predicted molar refractivity (Wildman–Crippen MR) is 79.5 cm³/mol. The summed E-state index contributed by atoms with van der Waals surface area (Å²) in [4.78, 5) is 2.58. The molecule has 4 nitrogen and oxygen atoms in total. The molecule has 102 valence electrons. The van der Waals surface area contributed by atoms with Crippen molar-refractivity contribution in [3.63, 3.8) is 0 Å². The molecular formula is C15H22N4. The maximum absolute atomic E-state index is 4.33. The van der Waals surface area contributed by atoms with Gasteiger partial charge in [0.25, 0.3) is 0 Å². The van der Waals surface area contributed by atoms with Crippen molar-refractivity contribution in [1.29, 1.82) is 0 Å². The van der Waals surface area contributed by atoms with Gasteiger partial charge in [0, 0.05) is 11.9 Å². The smallest absolute Gasteiger partial charge is 0.155 e. The van der Waals surface area contributed by atoms with Crippen LogP contribution >= 0.6 is 0 Å². The molecule has 0 unspecified atom stereocenters. The fraction of sp³-hybridized carbons (Fsp3) is 0.533. The number of para-hydroxylation sites is 1. The van der Waals surface area contributed by atoms with Crippen LogP contribution in [0.4, 0.5) is 5.82 Å². The molecule has 0 radical (unpaired) electrons. The number of fused-ring (bicyclic) bond motifs is 1. The number of rotatable bonds is 5. The van der Waals surface area contributed by atoms with Crippen molar-refractivity contribution in [2.45, 2.75) is 25.7 Å². The molecule has 0 aliphatic carbocycles. The molecule has 2 heterocycles. The Morgan fingerprint density at radius 3 is 2.89 bits per heavy atom. The summed E-state index contributed by atoms with van der Waals surface area (Å²) in [6, 6.07) is 8.24. The van der Waals surface area contributed by atoms with E-state index in [-0.39, 0.29) is 0 Å². The molecule has 1 saturated heterocycles. The fourth-order valence-electron chi connectivity index (χ4n) is 2.79. The molecule has 0 atom stereocenters. The molecule has 0 saturated carbocycles. The average molecular weight is 258 g/mol. The number of benzene rings is 1. The Bertz CT molecular complexity index is 514. The number of nitrogens with zero attached hydrogens (tertiary/aromatic N) is 2. The maximum atomic E-state index is 4.33. The van der Waals surface area contributed by atoms with Gasteiger partial charge in [-0.2, -0.15) is 5.10 Å². The molecule has 0 bridgehead atoms. The summed E-state index contributed by atoms with van der Waals surface area (Å²) >= 11 is 0. The number of aromatic amines is 1. The van der Waals surface area contributed by atoms with Crippen molar-refractivity contribution >= 4 is 16.7 Å². The van der Waals surface area contributed by atoms with Gasteiger partial charge in [-0.25, -0.2) is 0 Å². The minimum atomic E-state index is 0.981. The third kappa shape index (κ3) is 3.07. The molecule has 1 aromatic carbocycles. The molecule has 2 N–H and O–H groups in total. The van der Waals surface area contributed by atoms with Crippen LogP contribution in [0.15, 0.2) is 24.3 Å². The van der Waals surface area contributed by atoms with Gasteiger partial charge in [-0.3, -0.25) is 5.10 Å². The van der Waals surface area contributed by atoms with Crippen LogP contribution in [-0.2, 0) is 0 Å². The Morgan fingerprint density at radius 1 is 1.16 bits per heavy atom. The lowest BCUT2D eigenvalue weighted by molar-refractivity contribution is 0.228. The van der Waals surface area contributed by atoms with E-state index in [4.69, 9.17) is 0 Å². The highest BCUT2D eigenvalue weighted by molar-refractivity contribution is 5.89. The average Bonchev–Trinajstić information content (AvgIpc) is 2.88. The van der Waals surface area contributed by atoms with E-state index in [1.165, 1.54) is 50.7 Å². The number of aromatic nitrogens is 2. The van der Waals surface area contributed by atoms with E-state index in [0.717, 1.165) is 17.9 Å². The van der Waals surface area contributed by atoms with E-state index >= 15 is 0 Å². The lowest BCUT2D eigenvalue weighted by Crippen LogP contribution is -2.31. The number of piperidine rings is 1. The first-order valence-corrected chi connectivity index (χ1v) is 7.33. The van der Waals surface area contributed by atoms with Gasteiger partial charge >= 0.3 is 0 Å². The van der Waals surface area contributed by atoms with Gasteiger partial charge in [-0.05, 0) is 51.0 Å². The van der Waals surface area contributed by atoms with Crippen LogP contribution in [0, 0.1) is 0 Å². The van der Waals surface area contributed by atoms with Crippen LogP contribution in [0.3, 0.4) is 0 Å². The summed E-state index contributed by atoms with van der Waals surface area (Å²) < 4.78 is 0. The molecule has 2 aromatic rings. The van der Waals surface area contributed by atoms with Gasteiger partial charge < -0.3 is 10.2 Å². The first-order valence-electron chi connectivity index (χ1n) is 7.33. The first-order chi connectivity index (χ1) is 9.43. The zero-order valence-corrected chi connectivity index (χ0v) is 11.4. The summed E-state index contributed by atoms with van der Waals surface area (Å²) in [5.74, 6) is 0.981. The van der Waals surface area contributed by atoms with E-state index < -0.39 is 0 Å². The molecule has 1 fully saturated rings. The first kappa shape index (κ1) is 12.5. The van der Waals surface area contributed by atoms with E-state index in [2.05, 4.69) is 38.6 Å². The van der Waals surface area contributed by atoms with E-state index in [1.54, 1.807) is 0 Å². The Balaban J connectivity index is 1.47. The number of hydrogen-bond acceptors (Lipinski definition) is 3. The highest BCUT2D eigenvalue weighted by Gasteiger charge is 2.09. The van der Waals surface area contributed by atoms with E-state index in [9.17, 15) is 0 Å². The molecular weight excluding hydrogens is 236 g/mol. The molecule has 3 rings (SSSR count). The zero-order chi connectivity index (χ0) is 12.9. The second-order valence-electron chi connectivity index (χ2n) is 5.30. The summed E-state index contributed by atoms with van der Waals surface area (Å²) in [6.45, 7) is 4.76. The van der Waals surface area contributed by atoms with Gasteiger partial charge in [-0.1, -0.05) is 18.6 Å². The maximum Gasteiger partial charge on any atom is 0.155 e. The van der Waals surface area contributed by atoms with Crippen LogP contribution in [0.25, 0.3) is 10.9 Å². The monoisotopic (exact) mass is 258 g/mol. The summed E-state index contributed by atoms with van der Waals surface area (Å²) in [7, 11) is 0. The van der Waals surface area contributed by atoms with E-state index in [0.29, 0.717) is 0 Å². The highest BCUT2D eigenvalue weighted by atomic mass is 15.2. The molecule has 0 spiro atoms. The number of nitrogens with one attached hydrogen (secondary N) is 2. The molecule has 1 aliphatic heterocycles. The van der Waals surface area contributed by atoms with Crippen molar-refractivity contribution in [2.24, 2.45) is 0 Å². The van der Waals surface area contributed by atoms with Gasteiger partial charge in [0.1, 0.15) is 0 Å². The van der Waals surface area contributed by atoms with Crippen LogP contribution < -0.4 is 5.32 Å². The zero-order valence-electron chi connectivity index (χ0n) is 11.4. The predicted octanol–water partition coefficient (Wildman–Crippen LogP) is 2.85. The lowest BCUT2D eigenvalue weighted by atomic mass is 10.1. The molecule has 1 aromatic heterocycles. The van der Waals surface area contributed by atoms with Gasteiger partial charge in [-0.15, -0.1) is 0 Å². The lowest BCUT2D eigenvalue weighted by Gasteiger charge is -2.26. The Labute approximate surface area is 114 Å². The van der Waals surface area contributed by atoms with Gasteiger partial charge in [0.15, 0.2) is 5.82 Å². The Morgan fingerprint density at radius 2 is 2.00 bits per heavy atom. The van der Waals surface area contributed by atoms with Crippen molar-refractivity contribution in [3.05, 3.63) is 24.3 Å². The molecule has 0 amide bonds.